The van der Waals surface area contributed by atoms with E-state index >= 15 is 0 Å². The molecule has 0 saturated heterocycles. The van der Waals surface area contributed by atoms with E-state index in [0.717, 1.165) is 37.9 Å². The van der Waals surface area contributed by atoms with Crippen molar-refractivity contribution in [1.82, 2.24) is 5.32 Å². The summed E-state index contributed by atoms with van der Waals surface area (Å²) in [5.74, 6) is 0.293. The largest absolute Gasteiger partial charge is 0.316 e. The minimum Gasteiger partial charge on any atom is -0.316 e. The van der Waals surface area contributed by atoms with Crippen molar-refractivity contribution in [3.8, 4) is 0 Å². The van der Waals surface area contributed by atoms with Gasteiger partial charge in [-0.3, -0.25) is 0 Å². The van der Waals surface area contributed by atoms with E-state index in [2.05, 4.69) is 19.2 Å². The van der Waals surface area contributed by atoms with Gasteiger partial charge in [0.1, 0.15) is 5.82 Å². The first kappa shape index (κ1) is 14.5. The molecule has 0 spiro atoms. The maximum absolute atomic E-state index is 13.2. The molecular formula is C14H21ClFN. The van der Waals surface area contributed by atoms with Gasteiger partial charge in [-0.15, -0.1) is 0 Å². The van der Waals surface area contributed by atoms with Gasteiger partial charge >= 0.3 is 0 Å². The summed E-state index contributed by atoms with van der Waals surface area (Å²) >= 11 is 5.64. The van der Waals surface area contributed by atoms with Crippen LogP contribution in [0.3, 0.4) is 0 Å². The normalized spacial score (nSPS) is 12.7. The summed E-state index contributed by atoms with van der Waals surface area (Å²) in [6, 6.07) is 5.07. The molecule has 0 fully saturated rings. The third-order valence-electron chi connectivity index (χ3n) is 2.83. The Morgan fingerprint density at radius 3 is 2.82 bits per heavy atom. The summed E-state index contributed by atoms with van der Waals surface area (Å²) < 4.78 is 13.2. The van der Waals surface area contributed by atoms with E-state index < -0.39 is 0 Å². The third-order valence-corrected chi connectivity index (χ3v) is 3.14. The van der Waals surface area contributed by atoms with Crippen molar-refractivity contribution in [3.63, 3.8) is 0 Å². The van der Waals surface area contributed by atoms with Crippen LogP contribution in [0.1, 0.15) is 32.3 Å². The van der Waals surface area contributed by atoms with E-state index in [-0.39, 0.29) is 10.8 Å². The molecule has 0 saturated carbocycles. The van der Waals surface area contributed by atoms with Crippen LogP contribution in [-0.2, 0) is 6.42 Å². The second kappa shape index (κ2) is 7.67. The van der Waals surface area contributed by atoms with Crippen LogP contribution in [-0.4, -0.2) is 13.1 Å². The van der Waals surface area contributed by atoms with Crippen molar-refractivity contribution in [2.24, 2.45) is 5.92 Å². The average Bonchev–Trinajstić information content (AvgIpc) is 2.31. The summed E-state index contributed by atoms with van der Waals surface area (Å²) in [4.78, 5) is 0. The fourth-order valence-corrected chi connectivity index (χ4v) is 1.85. The van der Waals surface area contributed by atoms with Gasteiger partial charge in [0.15, 0.2) is 0 Å². The maximum Gasteiger partial charge on any atom is 0.142 e. The van der Waals surface area contributed by atoms with Crippen molar-refractivity contribution in [2.75, 3.05) is 13.1 Å². The van der Waals surface area contributed by atoms with Gasteiger partial charge < -0.3 is 5.32 Å². The maximum atomic E-state index is 13.2. The molecule has 0 bridgehead atoms. The molecule has 0 heterocycles. The first-order valence-electron chi connectivity index (χ1n) is 6.28. The molecule has 0 amide bonds. The molecule has 1 atom stereocenters. The predicted molar refractivity (Wildman–Crippen MR) is 72.1 cm³/mol. The molecule has 1 rings (SSSR count). The van der Waals surface area contributed by atoms with Gasteiger partial charge in [0.2, 0.25) is 0 Å². The Balaban J connectivity index is 2.31. The van der Waals surface area contributed by atoms with Crippen LogP contribution in [0.4, 0.5) is 4.39 Å². The van der Waals surface area contributed by atoms with Crippen molar-refractivity contribution >= 4 is 11.6 Å². The zero-order valence-corrected chi connectivity index (χ0v) is 11.4. The van der Waals surface area contributed by atoms with Crippen molar-refractivity contribution in [2.45, 2.75) is 33.1 Å². The van der Waals surface area contributed by atoms with Gasteiger partial charge in [0.25, 0.3) is 0 Å². The molecule has 0 aromatic heterocycles. The molecular weight excluding hydrogens is 237 g/mol. The summed E-state index contributed by atoms with van der Waals surface area (Å²) in [6.45, 7) is 6.48. The van der Waals surface area contributed by atoms with Gasteiger partial charge in [0, 0.05) is 0 Å². The van der Waals surface area contributed by atoms with E-state index in [4.69, 9.17) is 11.6 Å². The highest BCUT2D eigenvalue weighted by atomic mass is 35.5. The Morgan fingerprint density at radius 2 is 2.18 bits per heavy atom. The lowest BCUT2D eigenvalue weighted by Gasteiger charge is -2.12. The lowest BCUT2D eigenvalue weighted by atomic mass is 10.0. The number of hydrogen-bond donors (Lipinski definition) is 1. The van der Waals surface area contributed by atoms with Gasteiger partial charge in [-0.1, -0.05) is 31.5 Å². The molecule has 0 radical (unpaired) electrons. The first-order valence-corrected chi connectivity index (χ1v) is 6.66. The van der Waals surface area contributed by atoms with E-state index in [9.17, 15) is 4.39 Å². The van der Waals surface area contributed by atoms with Gasteiger partial charge in [-0.05, 0) is 56.0 Å². The Bertz CT molecular complexity index is 341. The lowest BCUT2D eigenvalue weighted by Crippen LogP contribution is -2.22. The number of benzene rings is 1. The van der Waals surface area contributed by atoms with E-state index in [0.29, 0.717) is 5.92 Å². The molecule has 0 aliphatic rings. The van der Waals surface area contributed by atoms with Crippen LogP contribution in [0.15, 0.2) is 18.2 Å². The zero-order valence-electron chi connectivity index (χ0n) is 10.6. The van der Waals surface area contributed by atoms with Crippen molar-refractivity contribution in [3.05, 3.63) is 34.6 Å². The van der Waals surface area contributed by atoms with Crippen molar-refractivity contribution in [1.29, 1.82) is 0 Å². The Labute approximate surface area is 108 Å². The van der Waals surface area contributed by atoms with E-state index in [1.54, 1.807) is 6.07 Å². The van der Waals surface area contributed by atoms with Gasteiger partial charge in [-0.2, -0.15) is 0 Å². The van der Waals surface area contributed by atoms with Crippen LogP contribution in [0.5, 0.6) is 0 Å². The second-order valence-electron chi connectivity index (χ2n) is 4.60. The lowest BCUT2D eigenvalue weighted by molar-refractivity contribution is 0.481. The monoisotopic (exact) mass is 257 g/mol. The number of rotatable bonds is 7. The molecule has 1 unspecified atom stereocenters. The van der Waals surface area contributed by atoms with E-state index in [1.807, 2.05) is 6.07 Å². The minimum absolute atomic E-state index is 0.200. The fraction of sp³-hybridized carbons (Fsp3) is 0.571. The van der Waals surface area contributed by atoms with Gasteiger partial charge in [-0.25, -0.2) is 4.39 Å². The summed E-state index contributed by atoms with van der Waals surface area (Å²) in [6.07, 6.45) is 3.13. The Hall–Kier alpha value is -0.600. The van der Waals surface area contributed by atoms with Crippen LogP contribution < -0.4 is 5.32 Å². The highest BCUT2D eigenvalue weighted by Crippen LogP contribution is 2.17. The standard InChI is InChI=1S/C14H21ClFN/c1-3-8-17-10-11(2)4-5-12-6-7-13(15)14(16)9-12/h6-7,9,11,17H,3-5,8,10H2,1-2H3. The molecule has 96 valence electrons. The molecule has 1 nitrogen and oxygen atoms in total. The second-order valence-corrected chi connectivity index (χ2v) is 5.00. The molecule has 17 heavy (non-hydrogen) atoms. The first-order chi connectivity index (χ1) is 8.13. The summed E-state index contributed by atoms with van der Waals surface area (Å²) in [7, 11) is 0. The quantitative estimate of drug-likeness (QED) is 0.727. The summed E-state index contributed by atoms with van der Waals surface area (Å²) in [5.41, 5.74) is 1.02. The molecule has 0 aliphatic heterocycles. The molecule has 0 aliphatic carbocycles. The fourth-order valence-electron chi connectivity index (χ4n) is 1.74. The SMILES string of the molecule is CCCNCC(C)CCc1ccc(Cl)c(F)c1. The van der Waals surface area contributed by atoms with Crippen LogP contribution in [0.25, 0.3) is 0 Å². The number of nitrogens with one attached hydrogen (secondary N) is 1. The van der Waals surface area contributed by atoms with E-state index in [1.165, 1.54) is 6.07 Å². The number of aryl methyl sites for hydroxylation is 1. The number of halogens is 2. The highest BCUT2D eigenvalue weighted by molar-refractivity contribution is 6.30. The Morgan fingerprint density at radius 1 is 1.41 bits per heavy atom. The minimum atomic E-state index is -0.319. The molecule has 1 aromatic carbocycles. The Kier molecular flexibility index (Phi) is 6.53. The predicted octanol–water partition coefficient (Wildman–Crippen LogP) is 4.05. The van der Waals surface area contributed by atoms with Crippen LogP contribution >= 0.6 is 11.6 Å². The molecule has 1 N–H and O–H groups in total. The third kappa shape index (κ3) is 5.51. The topological polar surface area (TPSA) is 12.0 Å². The van der Waals surface area contributed by atoms with Crippen molar-refractivity contribution < 1.29 is 4.39 Å². The molecule has 1 aromatic rings. The molecule has 3 heteroatoms. The summed E-state index contributed by atoms with van der Waals surface area (Å²) in [5, 5.41) is 3.60. The highest BCUT2D eigenvalue weighted by Gasteiger charge is 2.04. The van der Waals surface area contributed by atoms with Crippen LogP contribution in [0.2, 0.25) is 5.02 Å². The zero-order chi connectivity index (χ0) is 12.7. The van der Waals surface area contributed by atoms with Crippen LogP contribution in [0, 0.1) is 11.7 Å². The number of hydrogen-bond acceptors (Lipinski definition) is 1. The smallest absolute Gasteiger partial charge is 0.142 e. The average molecular weight is 258 g/mol. The van der Waals surface area contributed by atoms with Gasteiger partial charge in [0.05, 0.1) is 5.02 Å².